The number of nitrogens with zero attached hydrogens (tertiary/aromatic N) is 6. The highest BCUT2D eigenvalue weighted by Gasteiger charge is 2.13. The minimum atomic E-state index is 0.249. The van der Waals surface area contributed by atoms with Crippen molar-refractivity contribution in [3.63, 3.8) is 0 Å². The number of aromatic nitrogens is 6. The van der Waals surface area contributed by atoms with Gasteiger partial charge in [-0.1, -0.05) is 0 Å². The van der Waals surface area contributed by atoms with E-state index in [9.17, 15) is 0 Å². The molecule has 8 heteroatoms. The topological polar surface area (TPSA) is 99.5 Å². The van der Waals surface area contributed by atoms with Crippen molar-refractivity contribution < 1.29 is 0 Å². The fourth-order valence-corrected chi connectivity index (χ4v) is 1.98. The third-order valence-electron chi connectivity index (χ3n) is 3.07. The van der Waals surface area contributed by atoms with Crippen molar-refractivity contribution in [2.75, 3.05) is 11.1 Å². The fourth-order valence-electron chi connectivity index (χ4n) is 1.98. The molecule has 0 saturated heterocycles. The average molecular weight is 272 g/mol. The first kappa shape index (κ1) is 12.4. The molecule has 0 aromatic carbocycles. The lowest BCUT2D eigenvalue weighted by atomic mass is 10.4. The standard InChI is InChI=1S/C12H16N8/c1-7(2)20-6-14-9-10(13)17-12(18-11(9)20)16-8-4-5-15-19(8)3/h4-7H,1-3H3,(H3,13,16,17,18). The highest BCUT2D eigenvalue weighted by molar-refractivity contribution is 5.83. The normalized spacial score (nSPS) is 11.4. The van der Waals surface area contributed by atoms with Crippen LogP contribution in [0.1, 0.15) is 19.9 Å². The maximum Gasteiger partial charge on any atom is 0.232 e. The van der Waals surface area contributed by atoms with Gasteiger partial charge in [0.05, 0.1) is 12.5 Å². The van der Waals surface area contributed by atoms with Crippen LogP contribution in [0.3, 0.4) is 0 Å². The van der Waals surface area contributed by atoms with Crippen LogP contribution in [0.15, 0.2) is 18.6 Å². The molecule has 0 unspecified atom stereocenters. The first-order valence-electron chi connectivity index (χ1n) is 6.31. The Kier molecular flexibility index (Phi) is 2.78. The quantitative estimate of drug-likeness (QED) is 0.749. The van der Waals surface area contributed by atoms with E-state index in [0.717, 1.165) is 11.5 Å². The SMILES string of the molecule is CC(C)n1cnc2c(N)nc(Nc3ccnn3C)nc21. The number of rotatable bonds is 3. The molecule has 3 rings (SSSR count). The van der Waals surface area contributed by atoms with Crippen LogP contribution in [-0.2, 0) is 7.05 Å². The third kappa shape index (κ3) is 1.94. The summed E-state index contributed by atoms with van der Waals surface area (Å²) in [7, 11) is 1.84. The monoisotopic (exact) mass is 272 g/mol. The summed E-state index contributed by atoms with van der Waals surface area (Å²) in [4.78, 5) is 13.0. The number of nitrogens with one attached hydrogen (secondary N) is 1. The Bertz CT molecular complexity index is 754. The van der Waals surface area contributed by atoms with Crippen molar-refractivity contribution in [2.45, 2.75) is 19.9 Å². The lowest BCUT2D eigenvalue weighted by molar-refractivity contribution is 0.613. The number of anilines is 3. The summed E-state index contributed by atoms with van der Waals surface area (Å²) in [6.45, 7) is 4.13. The van der Waals surface area contributed by atoms with Crippen LogP contribution < -0.4 is 11.1 Å². The molecule has 0 radical (unpaired) electrons. The number of nitrogens with two attached hydrogens (primary N) is 1. The van der Waals surface area contributed by atoms with Crippen molar-refractivity contribution in [3.05, 3.63) is 18.6 Å². The number of hydrogen-bond donors (Lipinski definition) is 2. The number of aryl methyl sites for hydroxylation is 1. The van der Waals surface area contributed by atoms with Crippen molar-refractivity contribution in [1.82, 2.24) is 29.3 Å². The molecule has 0 spiro atoms. The molecule has 3 N–H and O–H groups in total. The predicted molar refractivity (Wildman–Crippen MR) is 76.6 cm³/mol. The van der Waals surface area contributed by atoms with E-state index in [4.69, 9.17) is 5.73 Å². The smallest absolute Gasteiger partial charge is 0.232 e. The Labute approximate surface area is 115 Å². The van der Waals surface area contributed by atoms with Crippen molar-refractivity contribution in [3.8, 4) is 0 Å². The van der Waals surface area contributed by atoms with E-state index in [1.54, 1.807) is 17.2 Å². The Morgan fingerprint density at radius 2 is 2.10 bits per heavy atom. The zero-order valence-electron chi connectivity index (χ0n) is 11.6. The van der Waals surface area contributed by atoms with Crippen LogP contribution in [0.2, 0.25) is 0 Å². The van der Waals surface area contributed by atoms with Gasteiger partial charge in [-0.15, -0.1) is 0 Å². The Balaban J connectivity index is 2.08. The second-order valence-corrected chi connectivity index (χ2v) is 4.82. The van der Waals surface area contributed by atoms with E-state index in [-0.39, 0.29) is 6.04 Å². The van der Waals surface area contributed by atoms with E-state index in [0.29, 0.717) is 17.3 Å². The number of nitrogen functional groups attached to an aromatic ring is 1. The molecular formula is C12H16N8. The highest BCUT2D eigenvalue weighted by atomic mass is 15.3. The molecule has 0 amide bonds. The molecular weight excluding hydrogens is 256 g/mol. The lowest BCUT2D eigenvalue weighted by Gasteiger charge is -2.09. The maximum absolute atomic E-state index is 5.95. The molecule has 104 valence electrons. The van der Waals surface area contributed by atoms with Gasteiger partial charge in [-0.2, -0.15) is 15.1 Å². The van der Waals surface area contributed by atoms with E-state index in [2.05, 4.69) is 39.2 Å². The molecule has 0 aliphatic rings. The van der Waals surface area contributed by atoms with E-state index in [1.807, 2.05) is 17.7 Å². The molecule has 0 atom stereocenters. The lowest BCUT2D eigenvalue weighted by Crippen LogP contribution is -2.07. The van der Waals surface area contributed by atoms with Gasteiger partial charge in [0, 0.05) is 19.2 Å². The van der Waals surface area contributed by atoms with Crippen molar-refractivity contribution >= 4 is 28.7 Å². The molecule has 0 saturated carbocycles. The van der Waals surface area contributed by atoms with E-state index < -0.39 is 0 Å². The first-order chi connectivity index (χ1) is 9.56. The summed E-state index contributed by atoms with van der Waals surface area (Å²) in [5.74, 6) is 1.58. The van der Waals surface area contributed by atoms with Gasteiger partial charge >= 0.3 is 0 Å². The Hall–Kier alpha value is -2.64. The summed E-state index contributed by atoms with van der Waals surface area (Å²) in [6, 6.07) is 2.09. The minimum Gasteiger partial charge on any atom is -0.382 e. The number of hydrogen-bond acceptors (Lipinski definition) is 6. The summed E-state index contributed by atoms with van der Waals surface area (Å²) in [5, 5.41) is 7.18. The molecule has 0 fully saturated rings. The van der Waals surface area contributed by atoms with Crippen molar-refractivity contribution in [1.29, 1.82) is 0 Å². The molecule has 8 nitrogen and oxygen atoms in total. The summed E-state index contributed by atoms with van der Waals surface area (Å²) in [6.07, 6.45) is 3.43. The van der Waals surface area contributed by atoms with Crippen LogP contribution >= 0.6 is 0 Å². The van der Waals surface area contributed by atoms with Crippen LogP contribution in [0.5, 0.6) is 0 Å². The van der Waals surface area contributed by atoms with E-state index in [1.165, 1.54) is 0 Å². The van der Waals surface area contributed by atoms with Gasteiger partial charge in [0.1, 0.15) is 11.3 Å². The zero-order valence-corrected chi connectivity index (χ0v) is 11.6. The van der Waals surface area contributed by atoms with Gasteiger partial charge in [0.25, 0.3) is 0 Å². The largest absolute Gasteiger partial charge is 0.382 e. The number of imidazole rings is 1. The molecule has 0 aliphatic heterocycles. The maximum atomic E-state index is 5.95. The fraction of sp³-hybridized carbons (Fsp3) is 0.333. The van der Waals surface area contributed by atoms with Crippen LogP contribution in [0, 0.1) is 0 Å². The predicted octanol–water partition coefficient (Wildman–Crippen LogP) is 1.47. The average Bonchev–Trinajstić information content (AvgIpc) is 2.97. The van der Waals surface area contributed by atoms with Crippen LogP contribution in [0.4, 0.5) is 17.6 Å². The van der Waals surface area contributed by atoms with Gasteiger partial charge in [0.15, 0.2) is 11.5 Å². The van der Waals surface area contributed by atoms with Gasteiger partial charge in [-0.05, 0) is 13.8 Å². The van der Waals surface area contributed by atoms with Gasteiger partial charge in [-0.25, -0.2) is 4.98 Å². The summed E-state index contributed by atoms with van der Waals surface area (Å²) < 4.78 is 3.66. The molecule has 0 bridgehead atoms. The van der Waals surface area contributed by atoms with Crippen molar-refractivity contribution in [2.24, 2.45) is 7.05 Å². The molecule has 3 aromatic rings. The van der Waals surface area contributed by atoms with Gasteiger partial charge in [-0.3, -0.25) is 4.68 Å². The molecule has 3 aromatic heterocycles. The Morgan fingerprint density at radius 3 is 2.75 bits per heavy atom. The minimum absolute atomic E-state index is 0.249. The Morgan fingerprint density at radius 1 is 1.30 bits per heavy atom. The molecule has 0 aliphatic carbocycles. The molecule has 3 heterocycles. The van der Waals surface area contributed by atoms with Gasteiger partial charge in [0.2, 0.25) is 5.95 Å². The summed E-state index contributed by atoms with van der Waals surface area (Å²) >= 11 is 0. The second kappa shape index (κ2) is 4.48. The van der Waals surface area contributed by atoms with Crippen LogP contribution in [-0.4, -0.2) is 29.3 Å². The summed E-state index contributed by atoms with van der Waals surface area (Å²) in [5.41, 5.74) is 7.29. The number of fused-ring (bicyclic) bond motifs is 1. The third-order valence-corrected chi connectivity index (χ3v) is 3.07. The molecule has 20 heavy (non-hydrogen) atoms. The highest BCUT2D eigenvalue weighted by Crippen LogP contribution is 2.22. The second-order valence-electron chi connectivity index (χ2n) is 4.82. The first-order valence-corrected chi connectivity index (χ1v) is 6.31. The zero-order chi connectivity index (χ0) is 14.3. The van der Waals surface area contributed by atoms with Gasteiger partial charge < -0.3 is 15.6 Å². The van der Waals surface area contributed by atoms with Crippen LogP contribution in [0.25, 0.3) is 11.2 Å². The van der Waals surface area contributed by atoms with E-state index >= 15 is 0 Å².